The van der Waals surface area contributed by atoms with E-state index in [0.29, 0.717) is 54.0 Å². The number of esters is 1. The van der Waals surface area contributed by atoms with Crippen LogP contribution in [0, 0.1) is 11.8 Å². The molecule has 5 rings (SSSR count). The summed E-state index contributed by atoms with van der Waals surface area (Å²) in [6.07, 6.45) is 3.16. The number of carbonyl (C=O) groups excluding carboxylic acids is 2. The summed E-state index contributed by atoms with van der Waals surface area (Å²) < 4.78 is 19.3. The summed E-state index contributed by atoms with van der Waals surface area (Å²) in [5.41, 5.74) is 13.3. The lowest BCUT2D eigenvalue weighted by atomic mass is 9.93. The summed E-state index contributed by atoms with van der Waals surface area (Å²) in [6.45, 7) is 7.37. The molecule has 41 heavy (non-hydrogen) atoms. The quantitative estimate of drug-likeness (QED) is 0.326. The smallest absolute Gasteiger partial charge is 0.323 e. The van der Waals surface area contributed by atoms with E-state index in [1.807, 2.05) is 26.0 Å². The Morgan fingerprint density at radius 3 is 2.59 bits per heavy atom. The van der Waals surface area contributed by atoms with Gasteiger partial charge in [-0.2, -0.15) is 0 Å². The van der Waals surface area contributed by atoms with Crippen LogP contribution in [0.15, 0.2) is 33.0 Å². The number of piperidine rings is 1. The number of nitrogens with zero attached hydrogens (tertiary/aromatic N) is 5. The van der Waals surface area contributed by atoms with Gasteiger partial charge in [-0.15, -0.1) is 0 Å². The molecule has 2 aromatic heterocycles. The number of halogens is 1. The second kappa shape index (κ2) is 12.4. The Kier molecular flexibility index (Phi) is 8.90. The predicted molar refractivity (Wildman–Crippen MR) is 156 cm³/mol. The number of ether oxygens (including phenoxy) is 3. The molecule has 0 aliphatic carbocycles. The molecule has 14 heteroatoms. The van der Waals surface area contributed by atoms with Crippen molar-refractivity contribution < 1.29 is 23.8 Å². The lowest BCUT2D eigenvalue weighted by Gasteiger charge is -2.33. The molecule has 1 saturated heterocycles. The fraction of sp³-hybridized carbons (Fsp3) is 0.519. The van der Waals surface area contributed by atoms with Gasteiger partial charge in [0, 0.05) is 29.0 Å². The molecule has 2 atom stereocenters. The molecule has 0 spiro atoms. The molecule has 3 aromatic rings. The van der Waals surface area contributed by atoms with Crippen LogP contribution >= 0.6 is 27.7 Å². The van der Waals surface area contributed by atoms with E-state index in [0.717, 1.165) is 33.8 Å². The maximum Gasteiger partial charge on any atom is 0.323 e. The van der Waals surface area contributed by atoms with Crippen LogP contribution in [0.3, 0.4) is 0 Å². The first-order chi connectivity index (χ1) is 19.6. The van der Waals surface area contributed by atoms with Crippen molar-refractivity contribution in [2.75, 3.05) is 25.6 Å². The molecule has 220 valence electrons. The van der Waals surface area contributed by atoms with Gasteiger partial charge in [-0.05, 0) is 66.1 Å². The number of hydrogen-bond acceptors (Lipinski definition) is 11. The number of aromatic nitrogens is 4. The highest BCUT2D eigenvalue weighted by atomic mass is 79.9. The van der Waals surface area contributed by atoms with Gasteiger partial charge in [0.15, 0.2) is 39.7 Å². The van der Waals surface area contributed by atoms with E-state index in [1.165, 1.54) is 18.1 Å². The molecule has 1 amide bonds. The number of hydrogen-bond donors (Lipinski definition) is 2. The second-order valence-corrected chi connectivity index (χ2v) is 12.5. The Morgan fingerprint density at radius 2 is 1.88 bits per heavy atom. The highest BCUT2D eigenvalue weighted by Gasteiger charge is 2.30. The van der Waals surface area contributed by atoms with Gasteiger partial charge in [-0.25, -0.2) is 15.0 Å². The Bertz CT molecular complexity index is 1440. The van der Waals surface area contributed by atoms with Crippen molar-refractivity contribution in [3.8, 4) is 11.5 Å². The standard InChI is InChI=1S/C27H34BrN7O5S/c1-14(2)21(29)26(37)40-15(3)25(36)34-7-4-16(5-8-34)6-9-35-24-22(23(30)31-12-32-24)33-27(35)41-20-11-19-18(10-17(20)28)38-13-39-19/h10-12,14-16,21H,4-9,13,29H2,1-3H3,(H2,30,31,32). The van der Waals surface area contributed by atoms with Crippen LogP contribution in [0.1, 0.15) is 40.0 Å². The average Bonchev–Trinajstić information content (AvgIpc) is 3.55. The largest absolute Gasteiger partial charge is 0.454 e. The van der Waals surface area contributed by atoms with Gasteiger partial charge in [0.25, 0.3) is 5.91 Å². The fourth-order valence-corrected chi connectivity index (χ4v) is 6.38. The normalized spacial score (nSPS) is 16.8. The summed E-state index contributed by atoms with van der Waals surface area (Å²) in [7, 11) is 0. The minimum Gasteiger partial charge on any atom is -0.454 e. The monoisotopic (exact) mass is 647 g/mol. The van der Waals surface area contributed by atoms with Crippen molar-refractivity contribution in [2.45, 2.75) is 68.8 Å². The number of fused-ring (bicyclic) bond motifs is 2. The van der Waals surface area contributed by atoms with E-state index in [9.17, 15) is 9.59 Å². The second-order valence-electron chi connectivity index (χ2n) is 10.6. The maximum atomic E-state index is 12.9. The minimum absolute atomic E-state index is 0.0615. The minimum atomic E-state index is -0.860. The molecule has 0 bridgehead atoms. The number of likely N-dealkylation sites (tertiary alicyclic amines) is 1. The molecule has 4 heterocycles. The molecule has 1 aromatic carbocycles. The predicted octanol–water partition coefficient (Wildman–Crippen LogP) is 3.59. The van der Waals surface area contributed by atoms with E-state index in [2.05, 4.69) is 30.5 Å². The van der Waals surface area contributed by atoms with Crippen molar-refractivity contribution in [1.82, 2.24) is 24.4 Å². The Labute approximate surface area is 250 Å². The van der Waals surface area contributed by atoms with Gasteiger partial charge >= 0.3 is 5.97 Å². The topological polar surface area (TPSA) is 161 Å². The van der Waals surface area contributed by atoms with E-state index >= 15 is 0 Å². The first-order valence-corrected chi connectivity index (χ1v) is 15.2. The van der Waals surface area contributed by atoms with E-state index in [4.69, 9.17) is 30.7 Å². The first-order valence-electron chi connectivity index (χ1n) is 13.6. The highest BCUT2D eigenvalue weighted by molar-refractivity contribution is 9.10. The number of aryl methyl sites for hydroxylation is 1. The van der Waals surface area contributed by atoms with Crippen molar-refractivity contribution in [3.63, 3.8) is 0 Å². The number of benzene rings is 1. The number of nitrogens with two attached hydrogens (primary N) is 2. The maximum absolute atomic E-state index is 12.9. The molecule has 1 fully saturated rings. The Morgan fingerprint density at radius 1 is 1.17 bits per heavy atom. The van der Waals surface area contributed by atoms with Gasteiger partial charge in [0.1, 0.15) is 12.4 Å². The van der Waals surface area contributed by atoms with Crippen LogP contribution in [-0.4, -0.2) is 68.3 Å². The summed E-state index contributed by atoms with van der Waals surface area (Å²) in [5.74, 6) is 1.32. The summed E-state index contributed by atoms with van der Waals surface area (Å²) in [4.78, 5) is 41.2. The van der Waals surface area contributed by atoms with Crippen molar-refractivity contribution >= 4 is 56.6 Å². The number of rotatable bonds is 9. The van der Waals surface area contributed by atoms with Gasteiger partial charge in [0.2, 0.25) is 6.79 Å². The third-order valence-corrected chi connectivity index (χ3v) is 9.44. The Hall–Kier alpha value is -3.10. The molecule has 2 unspecified atom stereocenters. The number of amides is 1. The van der Waals surface area contributed by atoms with Gasteiger partial charge in [0.05, 0.1) is 0 Å². The van der Waals surface area contributed by atoms with Crippen LogP contribution in [0.4, 0.5) is 5.82 Å². The van der Waals surface area contributed by atoms with Crippen molar-refractivity contribution in [3.05, 3.63) is 22.9 Å². The molecule has 0 saturated carbocycles. The lowest BCUT2D eigenvalue weighted by molar-refractivity contribution is -0.161. The van der Waals surface area contributed by atoms with Gasteiger partial charge in [-0.3, -0.25) is 9.59 Å². The van der Waals surface area contributed by atoms with Gasteiger partial charge < -0.3 is 35.1 Å². The fourth-order valence-electron chi connectivity index (χ4n) is 4.87. The van der Waals surface area contributed by atoms with E-state index in [-0.39, 0.29) is 18.6 Å². The number of imidazole rings is 1. The zero-order valence-electron chi connectivity index (χ0n) is 23.2. The molecule has 12 nitrogen and oxygen atoms in total. The summed E-state index contributed by atoms with van der Waals surface area (Å²) in [6, 6.07) is 3.07. The molecule has 2 aliphatic rings. The molecule has 0 radical (unpaired) electrons. The first kappa shape index (κ1) is 29.4. The SMILES string of the molecule is CC(OC(=O)C(N)C(C)C)C(=O)N1CCC(CCn2c(Sc3cc4c(cc3Br)OCO4)nc3c(N)ncnc32)CC1. The zero-order chi connectivity index (χ0) is 29.3. The third-order valence-electron chi connectivity index (χ3n) is 7.47. The number of anilines is 1. The zero-order valence-corrected chi connectivity index (χ0v) is 25.6. The summed E-state index contributed by atoms with van der Waals surface area (Å²) in [5, 5.41) is 0.745. The van der Waals surface area contributed by atoms with Crippen molar-refractivity contribution in [1.29, 1.82) is 0 Å². The third kappa shape index (κ3) is 6.38. The van der Waals surface area contributed by atoms with Crippen LogP contribution in [0.2, 0.25) is 0 Å². The number of nitrogen functional groups attached to an aromatic ring is 1. The molecular formula is C27H34BrN7O5S. The van der Waals surface area contributed by atoms with Crippen LogP contribution in [0.5, 0.6) is 11.5 Å². The van der Waals surface area contributed by atoms with Gasteiger partial charge in [-0.1, -0.05) is 25.6 Å². The van der Waals surface area contributed by atoms with Crippen molar-refractivity contribution in [2.24, 2.45) is 17.6 Å². The highest BCUT2D eigenvalue weighted by Crippen LogP contribution is 2.43. The average molecular weight is 649 g/mol. The van der Waals surface area contributed by atoms with E-state index in [1.54, 1.807) is 11.8 Å². The molecule has 4 N–H and O–H groups in total. The molecule has 2 aliphatic heterocycles. The number of carbonyl (C=O) groups is 2. The summed E-state index contributed by atoms with van der Waals surface area (Å²) >= 11 is 5.12. The van der Waals surface area contributed by atoms with Crippen LogP contribution < -0.4 is 20.9 Å². The lowest BCUT2D eigenvalue weighted by Crippen LogP contribution is -2.46. The molecular weight excluding hydrogens is 614 g/mol. The van der Waals surface area contributed by atoms with Crippen LogP contribution in [-0.2, 0) is 20.9 Å². The Balaban J connectivity index is 1.23. The van der Waals surface area contributed by atoms with E-state index < -0.39 is 18.1 Å². The van der Waals surface area contributed by atoms with Crippen LogP contribution in [0.25, 0.3) is 11.2 Å².